The second kappa shape index (κ2) is 6.75. The SMILES string of the molecule is C=C(/C=C(\C)SCC)OCP. The lowest BCUT2D eigenvalue weighted by molar-refractivity contribution is 0.288. The van der Waals surface area contributed by atoms with Gasteiger partial charge in [0, 0.05) is 0 Å². The van der Waals surface area contributed by atoms with Crippen LogP contribution in [0.2, 0.25) is 0 Å². The van der Waals surface area contributed by atoms with E-state index in [1.807, 2.05) is 6.08 Å². The van der Waals surface area contributed by atoms with E-state index >= 15 is 0 Å². The van der Waals surface area contributed by atoms with Gasteiger partial charge in [-0.3, -0.25) is 0 Å². The molecular weight excluding hydrogens is 175 g/mol. The van der Waals surface area contributed by atoms with Crippen LogP contribution in [0.15, 0.2) is 23.3 Å². The summed E-state index contributed by atoms with van der Waals surface area (Å²) in [4.78, 5) is 1.25. The fourth-order valence-corrected chi connectivity index (χ4v) is 1.53. The molecule has 0 rings (SSSR count). The standard InChI is InChI=1S/C8H15OPS/c1-4-11-8(3)5-7(2)9-6-10/h5H,2,4,6,10H2,1,3H3/b8-5+. The van der Waals surface area contributed by atoms with Gasteiger partial charge in [-0.1, -0.05) is 22.7 Å². The first-order chi connectivity index (χ1) is 5.20. The molecule has 0 saturated carbocycles. The lowest BCUT2D eigenvalue weighted by atomic mass is 10.5. The Morgan fingerprint density at radius 1 is 1.73 bits per heavy atom. The first-order valence-corrected chi connectivity index (χ1v) is 5.33. The first kappa shape index (κ1) is 11.1. The van der Waals surface area contributed by atoms with Gasteiger partial charge in [-0.25, -0.2) is 0 Å². The van der Waals surface area contributed by atoms with Gasteiger partial charge in [-0.05, 0) is 23.7 Å². The van der Waals surface area contributed by atoms with Crippen LogP contribution in [0.5, 0.6) is 0 Å². The Hall–Kier alpha value is 0.0600. The Morgan fingerprint density at radius 2 is 2.36 bits per heavy atom. The molecule has 0 fully saturated rings. The Kier molecular flexibility index (Phi) is 6.79. The highest BCUT2D eigenvalue weighted by atomic mass is 32.2. The van der Waals surface area contributed by atoms with E-state index in [2.05, 4.69) is 29.7 Å². The highest BCUT2D eigenvalue weighted by Crippen LogP contribution is 2.15. The van der Waals surface area contributed by atoms with Crippen LogP contribution in [0, 0.1) is 0 Å². The molecule has 0 saturated heterocycles. The highest BCUT2D eigenvalue weighted by molar-refractivity contribution is 8.03. The molecule has 1 unspecified atom stereocenters. The molecule has 0 aliphatic carbocycles. The van der Waals surface area contributed by atoms with Crippen molar-refractivity contribution in [3.63, 3.8) is 0 Å². The van der Waals surface area contributed by atoms with E-state index < -0.39 is 0 Å². The van der Waals surface area contributed by atoms with E-state index in [9.17, 15) is 0 Å². The summed E-state index contributed by atoms with van der Waals surface area (Å²) < 4.78 is 5.14. The van der Waals surface area contributed by atoms with Crippen LogP contribution in [0.25, 0.3) is 0 Å². The number of ether oxygens (including phenoxy) is 1. The van der Waals surface area contributed by atoms with E-state index in [0.717, 1.165) is 11.5 Å². The minimum absolute atomic E-state index is 0.611. The molecule has 1 atom stereocenters. The second-order valence-electron chi connectivity index (χ2n) is 1.97. The third-order valence-electron chi connectivity index (χ3n) is 1.00. The number of thioether (sulfide) groups is 1. The minimum atomic E-state index is 0.611. The zero-order valence-corrected chi connectivity index (χ0v) is 9.06. The number of hydrogen-bond donors (Lipinski definition) is 0. The molecule has 0 radical (unpaired) electrons. The molecule has 0 aromatic rings. The van der Waals surface area contributed by atoms with Crippen molar-refractivity contribution in [1.82, 2.24) is 0 Å². The molecular formula is C8H15OPS. The molecule has 0 heterocycles. The topological polar surface area (TPSA) is 9.23 Å². The Balaban J connectivity index is 3.76. The van der Waals surface area contributed by atoms with Crippen LogP contribution in [-0.4, -0.2) is 12.1 Å². The Labute approximate surface area is 75.5 Å². The normalized spacial score (nSPS) is 11.4. The summed E-state index contributed by atoms with van der Waals surface area (Å²) >= 11 is 1.80. The number of hydrogen-bond acceptors (Lipinski definition) is 2. The van der Waals surface area contributed by atoms with Gasteiger partial charge in [0.1, 0.15) is 12.1 Å². The second-order valence-corrected chi connectivity index (χ2v) is 3.81. The van der Waals surface area contributed by atoms with Gasteiger partial charge in [-0.2, -0.15) is 0 Å². The van der Waals surface area contributed by atoms with Crippen molar-refractivity contribution < 1.29 is 4.74 Å². The van der Waals surface area contributed by atoms with Crippen LogP contribution in [-0.2, 0) is 4.74 Å². The van der Waals surface area contributed by atoms with Crippen LogP contribution < -0.4 is 0 Å². The third-order valence-corrected chi connectivity index (χ3v) is 2.03. The van der Waals surface area contributed by atoms with Gasteiger partial charge in [0.05, 0.1) is 0 Å². The smallest absolute Gasteiger partial charge is 0.113 e. The van der Waals surface area contributed by atoms with Crippen molar-refractivity contribution in [2.24, 2.45) is 0 Å². The largest absolute Gasteiger partial charge is 0.490 e. The van der Waals surface area contributed by atoms with Crippen molar-refractivity contribution in [2.45, 2.75) is 13.8 Å². The molecule has 0 aromatic heterocycles. The molecule has 11 heavy (non-hydrogen) atoms. The molecule has 0 spiro atoms. The summed E-state index contributed by atoms with van der Waals surface area (Å²) in [5, 5.41) is 0. The first-order valence-electron chi connectivity index (χ1n) is 3.53. The molecule has 0 amide bonds. The van der Waals surface area contributed by atoms with Gasteiger partial charge in [0.2, 0.25) is 0 Å². The summed E-state index contributed by atoms with van der Waals surface area (Å²) in [7, 11) is 2.49. The quantitative estimate of drug-likeness (QED) is 0.374. The van der Waals surface area contributed by atoms with Crippen molar-refractivity contribution in [3.8, 4) is 0 Å². The van der Waals surface area contributed by atoms with E-state index in [4.69, 9.17) is 4.74 Å². The molecule has 1 nitrogen and oxygen atoms in total. The highest BCUT2D eigenvalue weighted by Gasteiger charge is 1.90. The predicted molar refractivity (Wildman–Crippen MR) is 56.7 cm³/mol. The van der Waals surface area contributed by atoms with Gasteiger partial charge in [-0.15, -0.1) is 11.8 Å². The maximum atomic E-state index is 5.14. The Bertz CT molecular complexity index is 154. The van der Waals surface area contributed by atoms with Crippen LogP contribution >= 0.6 is 21.0 Å². The Morgan fingerprint density at radius 3 is 2.82 bits per heavy atom. The summed E-state index contributed by atoms with van der Waals surface area (Å²) in [6, 6.07) is 0. The minimum Gasteiger partial charge on any atom is -0.490 e. The maximum absolute atomic E-state index is 5.14. The average Bonchev–Trinajstić information content (AvgIpc) is 1.87. The third kappa shape index (κ3) is 6.46. The molecule has 0 aromatic carbocycles. The van der Waals surface area contributed by atoms with Crippen molar-refractivity contribution >= 4 is 21.0 Å². The molecule has 0 bridgehead atoms. The van der Waals surface area contributed by atoms with Gasteiger partial charge in [0.15, 0.2) is 0 Å². The van der Waals surface area contributed by atoms with Crippen molar-refractivity contribution in [1.29, 1.82) is 0 Å². The zero-order chi connectivity index (χ0) is 8.69. The number of allylic oxidation sites excluding steroid dienone is 2. The fourth-order valence-electron chi connectivity index (χ4n) is 0.645. The molecule has 3 heteroatoms. The van der Waals surface area contributed by atoms with E-state index in [-0.39, 0.29) is 0 Å². The van der Waals surface area contributed by atoms with E-state index in [1.54, 1.807) is 11.8 Å². The number of rotatable bonds is 5. The summed E-state index contributed by atoms with van der Waals surface area (Å²) in [5.74, 6) is 1.83. The fraction of sp³-hybridized carbons (Fsp3) is 0.500. The summed E-state index contributed by atoms with van der Waals surface area (Å²) in [6.07, 6.45) is 2.57. The van der Waals surface area contributed by atoms with E-state index in [1.165, 1.54) is 4.91 Å². The molecule has 0 aliphatic rings. The average molecular weight is 190 g/mol. The van der Waals surface area contributed by atoms with E-state index in [0.29, 0.717) is 6.35 Å². The molecule has 0 aliphatic heterocycles. The molecule has 0 N–H and O–H groups in total. The maximum Gasteiger partial charge on any atom is 0.113 e. The van der Waals surface area contributed by atoms with Crippen molar-refractivity contribution in [2.75, 3.05) is 12.1 Å². The van der Waals surface area contributed by atoms with Gasteiger partial charge in [0.25, 0.3) is 0 Å². The monoisotopic (exact) mass is 190 g/mol. The molecule has 64 valence electrons. The zero-order valence-electron chi connectivity index (χ0n) is 7.09. The van der Waals surface area contributed by atoms with Gasteiger partial charge < -0.3 is 4.74 Å². The lowest BCUT2D eigenvalue weighted by Gasteiger charge is -2.02. The van der Waals surface area contributed by atoms with Crippen LogP contribution in [0.4, 0.5) is 0 Å². The van der Waals surface area contributed by atoms with Crippen LogP contribution in [0.1, 0.15) is 13.8 Å². The predicted octanol–water partition coefficient (Wildman–Crippen LogP) is 3.01. The lowest BCUT2D eigenvalue weighted by Crippen LogP contribution is -1.83. The van der Waals surface area contributed by atoms with Crippen molar-refractivity contribution in [3.05, 3.63) is 23.3 Å². The summed E-state index contributed by atoms with van der Waals surface area (Å²) in [6.45, 7) is 7.93. The van der Waals surface area contributed by atoms with Gasteiger partial charge >= 0.3 is 0 Å². The van der Waals surface area contributed by atoms with Crippen LogP contribution in [0.3, 0.4) is 0 Å². The summed E-state index contributed by atoms with van der Waals surface area (Å²) in [5.41, 5.74) is 0.